The molecule has 1 heterocycles. The molecule has 0 aromatic heterocycles. The van der Waals surface area contributed by atoms with Gasteiger partial charge >= 0.3 is 0 Å². The molecular formula is C24H18ClF2N3O2S. The minimum Gasteiger partial charge on any atom is -0.325 e. The van der Waals surface area contributed by atoms with E-state index in [-0.39, 0.29) is 30.6 Å². The first-order chi connectivity index (χ1) is 15.9. The minimum atomic E-state index is -0.732. The summed E-state index contributed by atoms with van der Waals surface area (Å²) in [6.45, 7) is 0.178. The van der Waals surface area contributed by atoms with Crippen molar-refractivity contribution in [2.45, 2.75) is 18.2 Å². The fourth-order valence-electron chi connectivity index (χ4n) is 3.18. The molecule has 1 aliphatic rings. The Hall–Kier alpha value is -3.23. The first-order valence-electron chi connectivity index (χ1n) is 9.99. The molecule has 3 aromatic carbocycles. The zero-order chi connectivity index (χ0) is 23.4. The number of hydrogen-bond donors (Lipinski definition) is 1. The molecule has 0 bridgehead atoms. The number of carbonyl (C=O) groups is 2. The van der Waals surface area contributed by atoms with Gasteiger partial charge in [-0.1, -0.05) is 41.6 Å². The fraction of sp³-hybridized carbons (Fsp3) is 0.125. The zero-order valence-corrected chi connectivity index (χ0v) is 18.7. The predicted octanol–water partition coefficient (Wildman–Crippen LogP) is 5.78. The van der Waals surface area contributed by atoms with Gasteiger partial charge in [0.1, 0.15) is 16.9 Å². The van der Waals surface area contributed by atoms with Crippen LogP contribution in [0.15, 0.2) is 77.8 Å². The van der Waals surface area contributed by atoms with Crippen LogP contribution in [0.1, 0.15) is 12.0 Å². The summed E-state index contributed by atoms with van der Waals surface area (Å²) in [4.78, 5) is 31.9. The first-order valence-corrected chi connectivity index (χ1v) is 11.3. The van der Waals surface area contributed by atoms with E-state index in [1.54, 1.807) is 36.4 Å². The molecule has 0 radical (unpaired) electrons. The third-order valence-electron chi connectivity index (χ3n) is 4.83. The Bertz CT molecular complexity index is 1200. The molecule has 1 fully saturated rings. The lowest BCUT2D eigenvalue weighted by atomic mass is 10.2. The van der Waals surface area contributed by atoms with Crippen LogP contribution in [0.3, 0.4) is 0 Å². The van der Waals surface area contributed by atoms with Gasteiger partial charge in [0.05, 0.1) is 12.2 Å². The summed E-state index contributed by atoms with van der Waals surface area (Å²) in [6, 6.07) is 18.0. The van der Waals surface area contributed by atoms with Gasteiger partial charge in [0.2, 0.25) is 11.8 Å². The third kappa shape index (κ3) is 5.97. The second-order valence-electron chi connectivity index (χ2n) is 7.29. The molecule has 2 amide bonds. The first kappa shape index (κ1) is 22.9. The van der Waals surface area contributed by atoms with Crippen LogP contribution in [0.25, 0.3) is 0 Å². The highest BCUT2D eigenvalue weighted by Gasteiger charge is 2.36. The lowest BCUT2D eigenvalue weighted by molar-refractivity contribution is -0.129. The number of thioether (sulfide) groups is 1. The SMILES string of the molecule is O=C(Nc1ccc(F)cc1)C1CC(=O)N(Cc2ccc(F)cc2)C(=Nc2cccc(Cl)c2)S1. The molecule has 168 valence electrons. The molecule has 3 aromatic rings. The Kier molecular flexibility index (Phi) is 7.05. The number of halogens is 3. The van der Waals surface area contributed by atoms with Gasteiger partial charge in [-0.3, -0.25) is 14.5 Å². The van der Waals surface area contributed by atoms with Crippen molar-refractivity contribution in [2.75, 3.05) is 5.32 Å². The van der Waals surface area contributed by atoms with Gasteiger partial charge in [0, 0.05) is 17.1 Å². The number of anilines is 1. The molecule has 1 saturated heterocycles. The van der Waals surface area contributed by atoms with E-state index in [2.05, 4.69) is 10.3 Å². The van der Waals surface area contributed by atoms with Crippen molar-refractivity contribution >= 4 is 51.7 Å². The average Bonchev–Trinajstić information content (AvgIpc) is 2.79. The normalized spacial score (nSPS) is 17.3. The van der Waals surface area contributed by atoms with Crippen LogP contribution in [0.4, 0.5) is 20.2 Å². The van der Waals surface area contributed by atoms with Crippen LogP contribution in [0, 0.1) is 11.6 Å². The minimum absolute atomic E-state index is 0.0482. The van der Waals surface area contributed by atoms with E-state index < -0.39 is 11.1 Å². The summed E-state index contributed by atoms with van der Waals surface area (Å²) in [5.41, 5.74) is 1.68. The fourth-order valence-corrected chi connectivity index (χ4v) is 4.46. The van der Waals surface area contributed by atoms with E-state index in [9.17, 15) is 18.4 Å². The van der Waals surface area contributed by atoms with Gasteiger partial charge in [0.15, 0.2) is 5.17 Å². The topological polar surface area (TPSA) is 61.8 Å². The zero-order valence-electron chi connectivity index (χ0n) is 17.2. The Labute approximate surface area is 198 Å². The summed E-state index contributed by atoms with van der Waals surface area (Å²) in [6.07, 6.45) is -0.0482. The number of aliphatic imine (C=N–C) groups is 1. The van der Waals surface area contributed by atoms with Crippen LogP contribution in [0.5, 0.6) is 0 Å². The van der Waals surface area contributed by atoms with E-state index >= 15 is 0 Å². The second kappa shape index (κ2) is 10.1. The summed E-state index contributed by atoms with van der Waals surface area (Å²) in [5.74, 6) is -1.47. The van der Waals surface area contributed by atoms with Crippen LogP contribution < -0.4 is 5.32 Å². The number of amidine groups is 1. The number of amides is 2. The van der Waals surface area contributed by atoms with Crippen LogP contribution in [-0.4, -0.2) is 27.1 Å². The van der Waals surface area contributed by atoms with Gasteiger partial charge in [0.25, 0.3) is 0 Å². The van der Waals surface area contributed by atoms with Gasteiger partial charge in [-0.25, -0.2) is 13.8 Å². The molecule has 1 atom stereocenters. The maximum absolute atomic E-state index is 13.3. The third-order valence-corrected chi connectivity index (χ3v) is 6.25. The van der Waals surface area contributed by atoms with Gasteiger partial charge < -0.3 is 5.32 Å². The van der Waals surface area contributed by atoms with Gasteiger partial charge in [-0.15, -0.1) is 0 Å². The van der Waals surface area contributed by atoms with Crippen molar-refractivity contribution in [3.05, 3.63) is 95.0 Å². The van der Waals surface area contributed by atoms with Crippen molar-refractivity contribution in [1.82, 2.24) is 4.90 Å². The molecule has 1 N–H and O–H groups in total. The van der Waals surface area contributed by atoms with Crippen molar-refractivity contribution in [3.8, 4) is 0 Å². The summed E-state index contributed by atoms with van der Waals surface area (Å²) in [7, 11) is 0. The Balaban J connectivity index is 1.60. The number of nitrogens with one attached hydrogen (secondary N) is 1. The van der Waals surface area contributed by atoms with Crippen molar-refractivity contribution in [2.24, 2.45) is 4.99 Å². The lowest BCUT2D eigenvalue weighted by Gasteiger charge is -2.32. The highest BCUT2D eigenvalue weighted by Crippen LogP contribution is 2.31. The predicted molar refractivity (Wildman–Crippen MR) is 127 cm³/mol. The number of rotatable bonds is 5. The lowest BCUT2D eigenvalue weighted by Crippen LogP contribution is -2.44. The molecule has 1 unspecified atom stereocenters. The molecular weight excluding hydrogens is 468 g/mol. The molecule has 9 heteroatoms. The second-order valence-corrected chi connectivity index (χ2v) is 8.89. The van der Waals surface area contributed by atoms with Crippen molar-refractivity contribution in [1.29, 1.82) is 0 Å². The molecule has 5 nitrogen and oxygen atoms in total. The summed E-state index contributed by atoms with van der Waals surface area (Å²) < 4.78 is 26.4. The average molecular weight is 486 g/mol. The maximum atomic E-state index is 13.3. The van der Waals surface area contributed by atoms with Crippen molar-refractivity contribution in [3.63, 3.8) is 0 Å². The Morgan fingerprint density at radius 1 is 1.06 bits per heavy atom. The number of hydrogen-bond acceptors (Lipinski definition) is 4. The molecule has 0 aliphatic carbocycles. The molecule has 4 rings (SSSR count). The highest BCUT2D eigenvalue weighted by atomic mass is 35.5. The van der Waals surface area contributed by atoms with Crippen LogP contribution in [0.2, 0.25) is 5.02 Å². The van der Waals surface area contributed by atoms with E-state index in [1.165, 1.54) is 41.3 Å². The molecule has 1 aliphatic heterocycles. The van der Waals surface area contributed by atoms with E-state index in [0.29, 0.717) is 21.6 Å². The highest BCUT2D eigenvalue weighted by molar-refractivity contribution is 8.15. The van der Waals surface area contributed by atoms with E-state index in [4.69, 9.17) is 11.6 Å². The number of benzene rings is 3. The number of nitrogens with zero attached hydrogens (tertiary/aromatic N) is 2. The van der Waals surface area contributed by atoms with E-state index in [0.717, 1.165) is 17.3 Å². The van der Waals surface area contributed by atoms with Crippen molar-refractivity contribution < 1.29 is 18.4 Å². The molecule has 0 spiro atoms. The van der Waals surface area contributed by atoms with Gasteiger partial charge in [-0.2, -0.15) is 0 Å². The van der Waals surface area contributed by atoms with Gasteiger partial charge in [-0.05, 0) is 60.2 Å². The summed E-state index contributed by atoms with van der Waals surface area (Å²) in [5, 5.41) is 2.79. The maximum Gasteiger partial charge on any atom is 0.238 e. The quantitative estimate of drug-likeness (QED) is 0.498. The monoisotopic (exact) mass is 485 g/mol. The van der Waals surface area contributed by atoms with Crippen LogP contribution in [-0.2, 0) is 16.1 Å². The largest absolute Gasteiger partial charge is 0.325 e. The molecule has 33 heavy (non-hydrogen) atoms. The number of carbonyl (C=O) groups excluding carboxylic acids is 2. The van der Waals surface area contributed by atoms with E-state index in [1.807, 2.05) is 0 Å². The molecule has 0 saturated carbocycles. The summed E-state index contributed by atoms with van der Waals surface area (Å²) >= 11 is 7.22. The standard InChI is InChI=1S/C24H18ClF2N3O2S/c25-16-2-1-3-20(12-16)29-24-30(14-15-4-6-17(26)7-5-15)22(31)13-21(33-24)23(32)28-19-10-8-18(27)9-11-19/h1-12,21H,13-14H2,(H,28,32). The Morgan fingerprint density at radius 2 is 1.73 bits per heavy atom. The Morgan fingerprint density at radius 3 is 2.39 bits per heavy atom. The smallest absolute Gasteiger partial charge is 0.238 e. The van der Waals surface area contributed by atoms with Crippen LogP contribution >= 0.6 is 23.4 Å².